The van der Waals surface area contributed by atoms with E-state index in [9.17, 15) is 4.79 Å². The Morgan fingerprint density at radius 2 is 2.13 bits per heavy atom. The maximum Gasteiger partial charge on any atom is 0.255 e. The Labute approximate surface area is 135 Å². The van der Waals surface area contributed by atoms with Crippen molar-refractivity contribution in [1.82, 2.24) is 15.1 Å². The van der Waals surface area contributed by atoms with Gasteiger partial charge >= 0.3 is 0 Å². The number of fused-ring (bicyclic) bond motifs is 1. The fourth-order valence-corrected chi connectivity index (χ4v) is 2.83. The van der Waals surface area contributed by atoms with Gasteiger partial charge in [0.15, 0.2) is 0 Å². The number of carbonyl (C=O) groups excluding carboxylic acids is 1. The molecule has 2 heterocycles. The number of para-hydroxylation sites is 1. The van der Waals surface area contributed by atoms with E-state index in [1.54, 1.807) is 10.9 Å². The highest BCUT2D eigenvalue weighted by Gasteiger charge is 2.22. The Bertz CT molecular complexity index is 845. The predicted molar refractivity (Wildman–Crippen MR) is 89.2 cm³/mol. The number of benzene rings is 1. The van der Waals surface area contributed by atoms with E-state index in [0.29, 0.717) is 5.56 Å². The zero-order chi connectivity index (χ0) is 16.6. The maximum absolute atomic E-state index is 12.7. The number of hydrogen-bond donors (Lipinski definition) is 1. The molecule has 0 aliphatic heterocycles. The Morgan fingerprint density at radius 3 is 2.78 bits per heavy atom. The van der Waals surface area contributed by atoms with Crippen molar-refractivity contribution in [3.63, 3.8) is 0 Å². The van der Waals surface area contributed by atoms with E-state index >= 15 is 0 Å². The summed E-state index contributed by atoms with van der Waals surface area (Å²) in [5.74, 6) is 0.125. The minimum absolute atomic E-state index is 0.0917. The van der Waals surface area contributed by atoms with Crippen LogP contribution in [0.5, 0.6) is 0 Å². The molecular weight excluding hydrogens is 290 g/mol. The molecule has 1 unspecified atom stereocenters. The summed E-state index contributed by atoms with van der Waals surface area (Å²) >= 11 is 0. The first-order valence-electron chi connectivity index (χ1n) is 7.73. The summed E-state index contributed by atoms with van der Waals surface area (Å²) in [6.45, 7) is 6.13. The van der Waals surface area contributed by atoms with Crippen LogP contribution >= 0.6 is 0 Å². The van der Waals surface area contributed by atoms with Crippen LogP contribution in [0.1, 0.15) is 41.4 Å². The molecule has 1 aromatic carbocycles. The van der Waals surface area contributed by atoms with Crippen molar-refractivity contribution in [3.05, 3.63) is 53.5 Å². The molecule has 2 aromatic heterocycles. The highest BCUT2D eigenvalue weighted by molar-refractivity contribution is 6.06. The van der Waals surface area contributed by atoms with Gasteiger partial charge in [0.25, 0.3) is 5.91 Å². The molecule has 5 nitrogen and oxygen atoms in total. The molecule has 120 valence electrons. The predicted octanol–water partition coefficient (Wildman–Crippen LogP) is 3.60. The summed E-state index contributed by atoms with van der Waals surface area (Å²) in [6, 6.07) is 5.73. The number of nitrogens with zero attached hydrogens (tertiary/aromatic N) is 2. The molecule has 0 aliphatic rings. The van der Waals surface area contributed by atoms with Gasteiger partial charge in [-0.2, -0.15) is 5.10 Å². The van der Waals surface area contributed by atoms with Crippen LogP contribution in [0.3, 0.4) is 0 Å². The summed E-state index contributed by atoms with van der Waals surface area (Å²) in [5.41, 5.74) is 3.35. The van der Waals surface area contributed by atoms with Crippen LogP contribution < -0.4 is 5.32 Å². The normalized spacial score (nSPS) is 12.7. The van der Waals surface area contributed by atoms with Gasteiger partial charge in [-0.05, 0) is 18.4 Å². The topological polar surface area (TPSA) is 60.1 Å². The molecule has 3 aromatic rings. The molecule has 5 heteroatoms. The molecule has 0 aliphatic carbocycles. The lowest BCUT2D eigenvalue weighted by Gasteiger charge is -2.21. The first kappa shape index (κ1) is 15.3. The second-order valence-corrected chi connectivity index (χ2v) is 6.24. The lowest BCUT2D eigenvalue weighted by Crippen LogP contribution is -2.31. The average molecular weight is 311 g/mol. The Balaban J connectivity index is 1.91. The van der Waals surface area contributed by atoms with Gasteiger partial charge < -0.3 is 9.73 Å². The number of rotatable bonds is 4. The Hall–Kier alpha value is -2.56. The smallest absolute Gasteiger partial charge is 0.255 e. The lowest BCUT2D eigenvalue weighted by atomic mass is 9.98. The second kappa shape index (κ2) is 5.91. The third kappa shape index (κ3) is 2.86. The van der Waals surface area contributed by atoms with Crippen molar-refractivity contribution in [2.24, 2.45) is 13.0 Å². The van der Waals surface area contributed by atoms with Crippen molar-refractivity contribution in [2.45, 2.75) is 26.8 Å². The van der Waals surface area contributed by atoms with Gasteiger partial charge in [0.2, 0.25) is 0 Å². The van der Waals surface area contributed by atoms with Crippen LogP contribution in [0.2, 0.25) is 0 Å². The Morgan fingerprint density at radius 1 is 1.35 bits per heavy atom. The third-order valence-electron chi connectivity index (χ3n) is 4.08. The van der Waals surface area contributed by atoms with Crippen LogP contribution in [0.25, 0.3) is 11.0 Å². The zero-order valence-corrected chi connectivity index (χ0v) is 13.8. The van der Waals surface area contributed by atoms with E-state index in [2.05, 4.69) is 24.3 Å². The van der Waals surface area contributed by atoms with E-state index < -0.39 is 0 Å². The third-order valence-corrected chi connectivity index (χ3v) is 4.08. The van der Waals surface area contributed by atoms with Gasteiger partial charge in [0.05, 0.1) is 17.8 Å². The summed E-state index contributed by atoms with van der Waals surface area (Å²) in [5, 5.41) is 8.15. The standard InChI is InChI=1S/C18H21N3O2/c1-11(2)16(13-8-19-21(4)9-13)20-18(22)15-10-23-17-12(3)6-5-7-14(15)17/h5-11,16H,1-4H3,(H,20,22). The fraction of sp³-hybridized carbons (Fsp3) is 0.333. The van der Waals surface area contributed by atoms with Crippen molar-refractivity contribution in [3.8, 4) is 0 Å². The van der Waals surface area contributed by atoms with Gasteiger partial charge in [0, 0.05) is 24.2 Å². The van der Waals surface area contributed by atoms with Crippen LogP contribution in [-0.4, -0.2) is 15.7 Å². The van der Waals surface area contributed by atoms with Crippen LogP contribution in [-0.2, 0) is 7.05 Å². The molecule has 0 radical (unpaired) electrons. The molecular formula is C18H21N3O2. The summed E-state index contributed by atoms with van der Waals surface area (Å²) in [6.07, 6.45) is 5.26. The number of aryl methyl sites for hydroxylation is 2. The van der Waals surface area contributed by atoms with E-state index in [1.165, 1.54) is 6.26 Å². The average Bonchev–Trinajstić information content (AvgIpc) is 3.11. The van der Waals surface area contributed by atoms with Gasteiger partial charge in [-0.1, -0.05) is 32.0 Å². The van der Waals surface area contributed by atoms with Crippen molar-refractivity contribution in [1.29, 1.82) is 0 Å². The van der Waals surface area contributed by atoms with Gasteiger partial charge in [-0.25, -0.2) is 0 Å². The first-order valence-corrected chi connectivity index (χ1v) is 7.73. The van der Waals surface area contributed by atoms with Gasteiger partial charge in [-0.15, -0.1) is 0 Å². The number of furan rings is 1. The maximum atomic E-state index is 12.7. The number of aromatic nitrogens is 2. The van der Waals surface area contributed by atoms with E-state index in [1.807, 2.05) is 38.4 Å². The zero-order valence-electron chi connectivity index (χ0n) is 13.8. The van der Waals surface area contributed by atoms with Crippen molar-refractivity contribution >= 4 is 16.9 Å². The molecule has 3 rings (SSSR count). The molecule has 0 saturated heterocycles. The van der Waals surface area contributed by atoms with E-state index in [4.69, 9.17) is 4.42 Å². The summed E-state index contributed by atoms with van der Waals surface area (Å²) in [4.78, 5) is 12.7. The largest absolute Gasteiger partial charge is 0.463 e. The molecule has 1 amide bonds. The fourth-order valence-electron chi connectivity index (χ4n) is 2.83. The number of nitrogens with one attached hydrogen (secondary N) is 1. The van der Waals surface area contributed by atoms with Crippen molar-refractivity contribution in [2.75, 3.05) is 0 Å². The highest BCUT2D eigenvalue weighted by Crippen LogP contribution is 2.26. The number of hydrogen-bond acceptors (Lipinski definition) is 3. The molecule has 0 fully saturated rings. The molecule has 1 N–H and O–H groups in total. The first-order chi connectivity index (χ1) is 11.0. The quantitative estimate of drug-likeness (QED) is 0.801. The summed E-state index contributed by atoms with van der Waals surface area (Å²) in [7, 11) is 1.87. The minimum Gasteiger partial charge on any atom is -0.463 e. The van der Waals surface area contributed by atoms with Crippen LogP contribution in [0, 0.1) is 12.8 Å². The molecule has 23 heavy (non-hydrogen) atoms. The van der Waals surface area contributed by atoms with Crippen LogP contribution in [0.15, 0.2) is 41.3 Å². The second-order valence-electron chi connectivity index (χ2n) is 6.24. The lowest BCUT2D eigenvalue weighted by molar-refractivity contribution is 0.0926. The van der Waals surface area contributed by atoms with Gasteiger partial charge in [-0.3, -0.25) is 9.48 Å². The number of amides is 1. The van der Waals surface area contributed by atoms with Crippen LogP contribution in [0.4, 0.5) is 0 Å². The number of carbonyl (C=O) groups is 1. The van der Waals surface area contributed by atoms with Gasteiger partial charge in [0.1, 0.15) is 11.8 Å². The SMILES string of the molecule is Cc1cccc2c(C(=O)NC(c3cnn(C)c3)C(C)C)coc12. The van der Waals surface area contributed by atoms with E-state index in [0.717, 1.165) is 22.1 Å². The minimum atomic E-state index is -0.128. The summed E-state index contributed by atoms with van der Waals surface area (Å²) < 4.78 is 7.32. The highest BCUT2D eigenvalue weighted by atomic mass is 16.3. The molecule has 1 atom stereocenters. The molecule has 0 spiro atoms. The monoisotopic (exact) mass is 311 g/mol. The van der Waals surface area contributed by atoms with Crippen molar-refractivity contribution < 1.29 is 9.21 Å². The van der Waals surface area contributed by atoms with E-state index in [-0.39, 0.29) is 17.9 Å². The molecule has 0 bridgehead atoms. The molecule has 0 saturated carbocycles. The Kier molecular flexibility index (Phi) is 3.94.